The molecule has 13 nitrogen and oxygen atoms in total. The average Bonchev–Trinajstić information content (AvgIpc) is 4.01. The first-order valence-electron chi connectivity index (χ1n) is 18.6. The van der Waals surface area contributed by atoms with Crippen molar-refractivity contribution < 1.29 is 37.1 Å². The summed E-state index contributed by atoms with van der Waals surface area (Å²) in [6.45, 7) is 14.3. The van der Waals surface area contributed by atoms with Crippen molar-refractivity contribution in [3.63, 3.8) is 0 Å². The Morgan fingerprint density at radius 3 is 2.29 bits per heavy atom. The molecule has 3 N–H and O–H groups in total. The van der Waals surface area contributed by atoms with Gasteiger partial charge in [-0.15, -0.1) is 6.58 Å². The summed E-state index contributed by atoms with van der Waals surface area (Å²) in [7, 11) is -4.14. The van der Waals surface area contributed by atoms with Gasteiger partial charge in [-0.1, -0.05) is 75.4 Å². The second-order valence-corrected chi connectivity index (χ2v) is 19.1. The molecule has 3 aliphatic rings. The zero-order valence-corrected chi connectivity index (χ0v) is 33.1. The van der Waals surface area contributed by atoms with Gasteiger partial charge in [-0.3, -0.25) is 19.1 Å². The van der Waals surface area contributed by atoms with Crippen molar-refractivity contribution >= 4 is 44.6 Å². The van der Waals surface area contributed by atoms with Gasteiger partial charge in [0.25, 0.3) is 5.91 Å². The average molecular weight is 774 g/mol. The van der Waals surface area contributed by atoms with Crippen LogP contribution in [0.3, 0.4) is 0 Å². The van der Waals surface area contributed by atoms with Crippen LogP contribution in [-0.2, 0) is 35.6 Å². The summed E-state index contributed by atoms with van der Waals surface area (Å²) in [6.07, 6.45) is 2.83. The Balaban J connectivity index is 1.26. The maximum absolute atomic E-state index is 14.5. The lowest BCUT2D eigenvalue weighted by molar-refractivity contribution is -0.143. The number of amides is 4. The summed E-state index contributed by atoms with van der Waals surface area (Å²) in [5, 5.41) is 7.20. The molecule has 1 saturated heterocycles. The largest absolute Gasteiger partial charge is 0.472 e. The molecular weight excluding hydrogens is 723 g/mol. The Labute approximate surface area is 322 Å². The number of carbonyl (C=O) groups is 4. The van der Waals surface area contributed by atoms with Gasteiger partial charge in [0.15, 0.2) is 0 Å². The number of alkyl carbamates (subject to hydrolysis) is 1. The number of aromatic nitrogens is 1. The van der Waals surface area contributed by atoms with Gasteiger partial charge >= 0.3 is 6.09 Å². The molecule has 4 amide bonds. The summed E-state index contributed by atoms with van der Waals surface area (Å²) < 4.78 is 40.5. The van der Waals surface area contributed by atoms with Gasteiger partial charge in [0.2, 0.25) is 27.7 Å². The summed E-state index contributed by atoms with van der Waals surface area (Å²) in [5.74, 6) is -2.30. The van der Waals surface area contributed by atoms with Crippen molar-refractivity contribution in [2.75, 3.05) is 6.54 Å². The highest BCUT2D eigenvalue weighted by Crippen LogP contribution is 2.48. The zero-order valence-electron chi connectivity index (χ0n) is 32.3. The molecular formula is C41H51N5O8S. The van der Waals surface area contributed by atoms with Crippen molar-refractivity contribution in [2.45, 2.75) is 108 Å². The van der Waals surface area contributed by atoms with Crippen LogP contribution in [-0.4, -0.2) is 82.7 Å². The molecule has 2 aromatic carbocycles. The van der Waals surface area contributed by atoms with Crippen molar-refractivity contribution in [1.29, 1.82) is 0 Å². The molecule has 0 bridgehead atoms. The molecule has 294 valence electrons. The highest BCUT2D eigenvalue weighted by atomic mass is 32.2. The van der Waals surface area contributed by atoms with Gasteiger partial charge in [-0.2, -0.15) is 0 Å². The van der Waals surface area contributed by atoms with E-state index < -0.39 is 79.2 Å². The Kier molecular flexibility index (Phi) is 10.5. The number of sulfonamides is 1. The summed E-state index contributed by atoms with van der Waals surface area (Å²) in [4.78, 5) is 61.7. The molecule has 2 aliphatic carbocycles. The van der Waals surface area contributed by atoms with E-state index >= 15 is 0 Å². The van der Waals surface area contributed by atoms with Gasteiger partial charge in [-0.25, -0.2) is 18.2 Å². The molecule has 0 spiro atoms. The molecule has 2 saturated carbocycles. The first-order valence-corrected chi connectivity index (χ1v) is 20.1. The van der Waals surface area contributed by atoms with Crippen LogP contribution in [0.15, 0.2) is 79.5 Å². The third kappa shape index (κ3) is 8.48. The monoisotopic (exact) mass is 773 g/mol. The molecule has 5 atom stereocenters. The van der Waals surface area contributed by atoms with Crippen molar-refractivity contribution in [3.8, 4) is 5.88 Å². The Bertz CT molecular complexity index is 2080. The lowest BCUT2D eigenvalue weighted by Crippen LogP contribution is -2.60. The van der Waals surface area contributed by atoms with E-state index in [-0.39, 0.29) is 25.8 Å². The van der Waals surface area contributed by atoms with E-state index in [1.165, 1.54) is 11.0 Å². The summed E-state index contributed by atoms with van der Waals surface area (Å²) >= 11 is 0. The van der Waals surface area contributed by atoms with E-state index in [0.717, 1.165) is 16.3 Å². The lowest BCUT2D eigenvalue weighted by Gasteiger charge is -2.36. The smallest absolute Gasteiger partial charge is 0.408 e. The molecule has 1 aliphatic heterocycles. The minimum atomic E-state index is -4.14. The first kappa shape index (κ1) is 39.7. The standard InChI is InChI=1S/C41H51N5O8S/c1-8-28-24-41(28,36(49)45-55(51,52)40(19-20-40)23-26-14-10-9-11-15-26)44-33(47)31-22-29(53-34-30-17-13-12-16-27(30)18-21-42-34)25-46(31)35(48)32(38(2,3)4)43-37(50)54-39(5,6)7/h8-18,21,28-29,31-32H,1,19-20,22-25H2,2-7H3,(H,43,50)(H,44,47)(H,45,49)/t28?,29?,31-,32+,41?/m0/s1. The molecule has 6 rings (SSSR count). The predicted molar refractivity (Wildman–Crippen MR) is 207 cm³/mol. The molecule has 3 fully saturated rings. The molecule has 3 aromatic rings. The van der Waals surface area contributed by atoms with Crippen LogP contribution in [0.4, 0.5) is 4.79 Å². The number of carbonyl (C=O) groups excluding carboxylic acids is 4. The fourth-order valence-corrected chi connectivity index (χ4v) is 8.90. The van der Waals surface area contributed by atoms with Gasteiger partial charge in [0.05, 0.1) is 11.3 Å². The first-order chi connectivity index (χ1) is 25.8. The number of rotatable bonds is 12. The topological polar surface area (TPSA) is 173 Å². The number of likely N-dealkylation sites (tertiary alicyclic amines) is 1. The van der Waals surface area contributed by atoms with Crippen LogP contribution in [0.25, 0.3) is 10.8 Å². The maximum atomic E-state index is 14.5. The summed E-state index contributed by atoms with van der Waals surface area (Å²) in [5.41, 5.74) is -2.40. The highest BCUT2D eigenvalue weighted by molar-refractivity contribution is 7.91. The number of nitrogens with zero attached hydrogens (tertiary/aromatic N) is 2. The normalized spacial score (nSPS) is 23.6. The van der Waals surface area contributed by atoms with Crippen LogP contribution in [0.2, 0.25) is 0 Å². The highest BCUT2D eigenvalue weighted by Gasteiger charge is 2.63. The number of pyridine rings is 1. The van der Waals surface area contributed by atoms with Gasteiger partial charge in [0, 0.05) is 23.9 Å². The molecule has 3 unspecified atom stereocenters. The van der Waals surface area contributed by atoms with E-state index in [0.29, 0.717) is 18.7 Å². The predicted octanol–water partition coefficient (Wildman–Crippen LogP) is 4.80. The molecule has 14 heteroatoms. The minimum Gasteiger partial charge on any atom is -0.472 e. The second-order valence-electron chi connectivity index (χ2n) is 17.1. The van der Waals surface area contributed by atoms with Crippen LogP contribution >= 0.6 is 0 Å². The van der Waals surface area contributed by atoms with Gasteiger partial charge in [-0.05, 0) is 75.0 Å². The SMILES string of the molecule is C=CC1CC1(NC(=O)[C@@H]1CC(Oc2nccc3ccccc23)CN1C(=O)[C@@H](NC(=O)OC(C)(C)C)C(C)(C)C)C(=O)NS(=O)(=O)C1(Cc2ccccc2)CC1. The van der Waals surface area contributed by atoms with E-state index in [4.69, 9.17) is 9.47 Å². The molecule has 0 radical (unpaired) electrons. The van der Waals surface area contributed by atoms with Gasteiger partial charge in [0.1, 0.15) is 29.3 Å². The second kappa shape index (κ2) is 14.6. The van der Waals surface area contributed by atoms with E-state index in [9.17, 15) is 27.6 Å². The zero-order chi connectivity index (χ0) is 40.0. The molecule has 2 heterocycles. The van der Waals surface area contributed by atoms with Crippen molar-refractivity contribution in [3.05, 3.63) is 85.1 Å². The fourth-order valence-electron chi connectivity index (χ4n) is 7.26. The quantitative estimate of drug-likeness (QED) is 0.219. The van der Waals surface area contributed by atoms with Crippen LogP contribution in [0.5, 0.6) is 5.88 Å². The Hall–Kier alpha value is -4.98. The molecule has 55 heavy (non-hydrogen) atoms. The van der Waals surface area contributed by atoms with Crippen LogP contribution < -0.4 is 20.1 Å². The summed E-state index contributed by atoms with van der Waals surface area (Å²) in [6, 6.07) is 16.3. The Morgan fingerprint density at radius 1 is 1.00 bits per heavy atom. The maximum Gasteiger partial charge on any atom is 0.408 e. The number of ether oxygens (including phenoxy) is 2. The third-order valence-corrected chi connectivity index (χ3v) is 12.7. The van der Waals surface area contributed by atoms with Gasteiger partial charge < -0.3 is 25.0 Å². The Morgan fingerprint density at radius 2 is 1.67 bits per heavy atom. The van der Waals surface area contributed by atoms with Crippen molar-refractivity contribution in [2.24, 2.45) is 11.3 Å². The number of nitrogens with one attached hydrogen (secondary N) is 3. The minimum absolute atomic E-state index is 0.0285. The lowest BCUT2D eigenvalue weighted by atomic mass is 9.85. The molecule has 1 aromatic heterocycles. The van der Waals surface area contributed by atoms with Crippen LogP contribution in [0.1, 0.15) is 72.8 Å². The number of hydrogen-bond donors (Lipinski definition) is 3. The fraction of sp³-hybridized carbons (Fsp3) is 0.488. The third-order valence-electron chi connectivity index (χ3n) is 10.6. The number of fused-ring (bicyclic) bond motifs is 1. The van der Waals surface area contributed by atoms with Crippen molar-refractivity contribution in [1.82, 2.24) is 25.2 Å². The number of benzene rings is 2. The number of hydrogen-bond acceptors (Lipinski definition) is 9. The van der Waals surface area contributed by atoms with E-state index in [2.05, 4.69) is 26.9 Å². The van der Waals surface area contributed by atoms with Crippen LogP contribution in [0, 0.1) is 11.3 Å². The van der Waals surface area contributed by atoms with E-state index in [1.807, 2.05) is 60.7 Å². The van der Waals surface area contributed by atoms with E-state index in [1.54, 1.807) is 47.7 Å².